The standard InChI is InChI=1S/C12H12FNO3/c1-14(11(15)6-7-12(16)17)8-9-2-4-10(13)5-3-9/h2-7H,8H2,1H3,(H,16,17)/b7-6+. The van der Waals surface area contributed by atoms with Crippen LogP contribution < -0.4 is 0 Å². The second-order valence-electron chi connectivity index (χ2n) is 3.49. The van der Waals surface area contributed by atoms with E-state index < -0.39 is 11.9 Å². The molecule has 90 valence electrons. The van der Waals surface area contributed by atoms with Crippen LogP contribution in [0.3, 0.4) is 0 Å². The minimum atomic E-state index is -1.17. The van der Waals surface area contributed by atoms with Gasteiger partial charge in [-0.15, -0.1) is 0 Å². The summed E-state index contributed by atoms with van der Waals surface area (Å²) in [6.07, 6.45) is 1.76. The molecule has 0 fully saturated rings. The van der Waals surface area contributed by atoms with Crippen LogP contribution in [0.2, 0.25) is 0 Å². The van der Waals surface area contributed by atoms with E-state index in [1.54, 1.807) is 12.1 Å². The van der Waals surface area contributed by atoms with Crippen molar-refractivity contribution in [2.45, 2.75) is 6.54 Å². The summed E-state index contributed by atoms with van der Waals surface area (Å²) in [6, 6.07) is 5.75. The molecule has 0 atom stereocenters. The predicted molar refractivity (Wildman–Crippen MR) is 59.6 cm³/mol. The number of rotatable bonds is 4. The van der Waals surface area contributed by atoms with Gasteiger partial charge in [0.2, 0.25) is 5.91 Å². The van der Waals surface area contributed by atoms with Gasteiger partial charge in [0, 0.05) is 25.7 Å². The van der Waals surface area contributed by atoms with E-state index in [-0.39, 0.29) is 5.82 Å². The summed E-state index contributed by atoms with van der Waals surface area (Å²) in [4.78, 5) is 23.0. The molecule has 0 radical (unpaired) electrons. The minimum Gasteiger partial charge on any atom is -0.478 e. The molecule has 0 aliphatic carbocycles. The maximum absolute atomic E-state index is 12.6. The lowest BCUT2D eigenvalue weighted by Crippen LogP contribution is -2.24. The normalized spacial score (nSPS) is 10.5. The van der Waals surface area contributed by atoms with E-state index in [2.05, 4.69) is 0 Å². The number of hydrogen-bond donors (Lipinski definition) is 1. The van der Waals surface area contributed by atoms with Crippen molar-refractivity contribution in [1.82, 2.24) is 4.90 Å². The third-order valence-electron chi connectivity index (χ3n) is 2.08. The van der Waals surface area contributed by atoms with Gasteiger partial charge in [0.05, 0.1) is 0 Å². The minimum absolute atomic E-state index is 0.295. The molecular weight excluding hydrogens is 225 g/mol. The monoisotopic (exact) mass is 237 g/mol. The molecule has 1 aromatic carbocycles. The first-order chi connectivity index (χ1) is 7.99. The van der Waals surface area contributed by atoms with Gasteiger partial charge in [0.15, 0.2) is 0 Å². The number of amides is 1. The summed E-state index contributed by atoms with van der Waals surface area (Å²) < 4.78 is 12.6. The van der Waals surface area contributed by atoms with Gasteiger partial charge in [0.1, 0.15) is 5.82 Å². The molecule has 17 heavy (non-hydrogen) atoms. The zero-order valence-electron chi connectivity index (χ0n) is 9.26. The molecule has 0 aromatic heterocycles. The molecule has 1 aromatic rings. The van der Waals surface area contributed by atoms with Crippen LogP contribution in [0, 0.1) is 5.82 Å². The largest absolute Gasteiger partial charge is 0.478 e. The van der Waals surface area contributed by atoms with Crippen LogP contribution in [0.4, 0.5) is 4.39 Å². The van der Waals surface area contributed by atoms with Gasteiger partial charge >= 0.3 is 5.97 Å². The molecule has 4 nitrogen and oxygen atoms in total. The van der Waals surface area contributed by atoms with Crippen LogP contribution >= 0.6 is 0 Å². The van der Waals surface area contributed by atoms with Crippen molar-refractivity contribution in [3.05, 3.63) is 47.8 Å². The molecule has 5 heteroatoms. The van der Waals surface area contributed by atoms with Crippen LogP contribution in [-0.2, 0) is 16.1 Å². The quantitative estimate of drug-likeness (QED) is 0.806. The molecule has 0 aliphatic rings. The fraction of sp³-hybridized carbons (Fsp3) is 0.167. The molecule has 0 heterocycles. The summed E-state index contributed by atoms with van der Waals surface area (Å²) >= 11 is 0. The molecular formula is C12H12FNO3. The highest BCUT2D eigenvalue weighted by molar-refractivity contribution is 5.93. The second kappa shape index (κ2) is 5.79. The molecule has 0 aliphatic heterocycles. The van der Waals surface area contributed by atoms with E-state index in [1.165, 1.54) is 24.1 Å². The molecule has 0 unspecified atom stereocenters. The lowest BCUT2D eigenvalue weighted by molar-refractivity contribution is -0.132. The van der Waals surface area contributed by atoms with Gasteiger partial charge < -0.3 is 10.0 Å². The first-order valence-electron chi connectivity index (χ1n) is 4.89. The van der Waals surface area contributed by atoms with Crippen molar-refractivity contribution in [2.75, 3.05) is 7.05 Å². The number of likely N-dealkylation sites (N-methyl/N-ethyl adjacent to an activating group) is 1. The Balaban J connectivity index is 2.59. The maximum Gasteiger partial charge on any atom is 0.328 e. The molecule has 1 amide bonds. The Morgan fingerprint density at radius 3 is 2.41 bits per heavy atom. The number of carbonyl (C=O) groups excluding carboxylic acids is 1. The highest BCUT2D eigenvalue weighted by atomic mass is 19.1. The Morgan fingerprint density at radius 2 is 1.88 bits per heavy atom. The summed E-state index contributed by atoms with van der Waals surface area (Å²) in [5.74, 6) is -1.93. The zero-order chi connectivity index (χ0) is 12.8. The smallest absolute Gasteiger partial charge is 0.328 e. The summed E-state index contributed by atoms with van der Waals surface area (Å²) in [7, 11) is 1.54. The number of nitrogens with zero attached hydrogens (tertiary/aromatic N) is 1. The summed E-state index contributed by atoms with van der Waals surface area (Å²) in [5.41, 5.74) is 0.769. The SMILES string of the molecule is CN(Cc1ccc(F)cc1)C(=O)/C=C/C(=O)O. The predicted octanol–water partition coefficient (Wildman–Crippen LogP) is 1.42. The number of aliphatic carboxylic acids is 1. The number of hydrogen-bond acceptors (Lipinski definition) is 2. The van der Waals surface area contributed by atoms with Crippen LogP contribution in [0.1, 0.15) is 5.56 Å². The van der Waals surface area contributed by atoms with Crippen LogP contribution in [-0.4, -0.2) is 28.9 Å². The van der Waals surface area contributed by atoms with E-state index in [1.807, 2.05) is 0 Å². The lowest BCUT2D eigenvalue weighted by atomic mass is 10.2. The first-order valence-corrected chi connectivity index (χ1v) is 4.89. The number of carboxylic acids is 1. The Kier molecular flexibility index (Phi) is 4.39. The van der Waals surface area contributed by atoms with Crippen molar-refractivity contribution in [3.63, 3.8) is 0 Å². The van der Waals surface area contributed by atoms with Gasteiger partial charge in [-0.3, -0.25) is 4.79 Å². The molecule has 0 bridgehead atoms. The van der Waals surface area contributed by atoms with Crippen LogP contribution in [0.25, 0.3) is 0 Å². The third kappa shape index (κ3) is 4.46. The second-order valence-corrected chi connectivity index (χ2v) is 3.49. The molecule has 0 spiro atoms. The average molecular weight is 237 g/mol. The lowest BCUT2D eigenvalue weighted by Gasteiger charge is -2.14. The number of halogens is 1. The Morgan fingerprint density at radius 1 is 1.29 bits per heavy atom. The van der Waals surface area contributed by atoms with E-state index in [4.69, 9.17) is 5.11 Å². The van der Waals surface area contributed by atoms with E-state index in [9.17, 15) is 14.0 Å². The number of carboxylic acid groups (broad SMARTS) is 1. The van der Waals surface area contributed by atoms with E-state index in [0.717, 1.165) is 17.7 Å². The topological polar surface area (TPSA) is 57.6 Å². The fourth-order valence-corrected chi connectivity index (χ4v) is 1.21. The molecule has 0 saturated heterocycles. The van der Waals surface area contributed by atoms with Crippen LogP contribution in [0.5, 0.6) is 0 Å². The van der Waals surface area contributed by atoms with Gasteiger partial charge in [-0.2, -0.15) is 0 Å². The van der Waals surface area contributed by atoms with Crippen molar-refractivity contribution < 1.29 is 19.1 Å². The summed E-state index contributed by atoms with van der Waals surface area (Å²) in [5, 5.41) is 8.37. The fourth-order valence-electron chi connectivity index (χ4n) is 1.21. The average Bonchev–Trinajstić information content (AvgIpc) is 2.28. The van der Waals surface area contributed by atoms with Crippen molar-refractivity contribution in [2.24, 2.45) is 0 Å². The molecule has 0 saturated carbocycles. The van der Waals surface area contributed by atoms with Gasteiger partial charge in [-0.05, 0) is 17.7 Å². The van der Waals surface area contributed by atoms with Crippen molar-refractivity contribution in [3.8, 4) is 0 Å². The molecule has 1 rings (SSSR count). The van der Waals surface area contributed by atoms with Crippen molar-refractivity contribution >= 4 is 11.9 Å². The Bertz CT molecular complexity index is 440. The Hall–Kier alpha value is -2.17. The first kappa shape index (κ1) is 12.9. The highest BCUT2D eigenvalue weighted by Gasteiger charge is 2.06. The number of carbonyl (C=O) groups is 2. The Labute approximate surface area is 98.0 Å². The maximum atomic E-state index is 12.6. The van der Waals surface area contributed by atoms with Gasteiger partial charge in [0.25, 0.3) is 0 Å². The van der Waals surface area contributed by atoms with Gasteiger partial charge in [-0.25, -0.2) is 9.18 Å². The highest BCUT2D eigenvalue weighted by Crippen LogP contribution is 2.05. The van der Waals surface area contributed by atoms with Crippen molar-refractivity contribution in [1.29, 1.82) is 0 Å². The number of benzene rings is 1. The van der Waals surface area contributed by atoms with E-state index >= 15 is 0 Å². The summed E-state index contributed by atoms with van der Waals surface area (Å²) in [6.45, 7) is 0.295. The zero-order valence-corrected chi connectivity index (χ0v) is 9.26. The third-order valence-corrected chi connectivity index (χ3v) is 2.08. The van der Waals surface area contributed by atoms with E-state index in [0.29, 0.717) is 6.54 Å². The van der Waals surface area contributed by atoms with Crippen LogP contribution in [0.15, 0.2) is 36.4 Å². The molecule has 1 N–H and O–H groups in total. The van der Waals surface area contributed by atoms with Gasteiger partial charge in [-0.1, -0.05) is 12.1 Å².